The maximum atomic E-state index is 13.0. The lowest BCUT2D eigenvalue weighted by molar-refractivity contribution is -0.132. The fourth-order valence-corrected chi connectivity index (χ4v) is 6.11. The van der Waals surface area contributed by atoms with Crippen LogP contribution in [0.2, 0.25) is 0 Å². The van der Waals surface area contributed by atoms with Gasteiger partial charge in [-0.3, -0.25) is 14.6 Å². The van der Waals surface area contributed by atoms with Crippen LogP contribution < -0.4 is 10.7 Å². The van der Waals surface area contributed by atoms with E-state index in [1.807, 2.05) is 65.8 Å². The van der Waals surface area contributed by atoms with Gasteiger partial charge in [-0.05, 0) is 42.7 Å². The fourth-order valence-electron chi connectivity index (χ4n) is 6.11. The number of phenolic OH excluding ortho intramolecular Hbond substituents is 1. The van der Waals surface area contributed by atoms with Crippen molar-refractivity contribution in [2.24, 2.45) is 27.3 Å². The number of amidine groups is 1. The second kappa shape index (κ2) is 18.1. The minimum Gasteiger partial charge on any atom is -0.507 e. The summed E-state index contributed by atoms with van der Waals surface area (Å²) >= 11 is 0. The van der Waals surface area contributed by atoms with Crippen LogP contribution in [0, 0.1) is 11.3 Å². The second-order valence-electron chi connectivity index (χ2n) is 12.2. The lowest BCUT2D eigenvalue weighted by Gasteiger charge is -2.61. The van der Waals surface area contributed by atoms with E-state index in [2.05, 4.69) is 47.0 Å². The topological polar surface area (TPSA) is 170 Å². The molecule has 0 bridgehead atoms. The number of ether oxygens (including phenoxy) is 1. The number of anilines is 1. The van der Waals surface area contributed by atoms with E-state index in [1.165, 1.54) is 7.11 Å². The number of β-amino-alcohol motifs (C(OH)–C–C–N with tert-alkyl or cyclic N) is 1. The number of aliphatic hydroxyl groups is 1. The van der Waals surface area contributed by atoms with Crippen LogP contribution in [0.4, 0.5) is 5.69 Å². The Morgan fingerprint density at radius 3 is 2.29 bits per heavy atom. The molecule has 2 atom stereocenters. The van der Waals surface area contributed by atoms with Crippen molar-refractivity contribution in [2.45, 2.75) is 60.1 Å². The number of aromatic hydroxyl groups is 1. The lowest BCUT2D eigenvalue weighted by Crippen LogP contribution is -2.73. The van der Waals surface area contributed by atoms with E-state index in [4.69, 9.17) is 10.6 Å². The first-order valence-corrected chi connectivity index (χ1v) is 17.0. The van der Waals surface area contributed by atoms with Gasteiger partial charge >= 0.3 is 0 Å². The largest absolute Gasteiger partial charge is 0.507 e. The van der Waals surface area contributed by atoms with Crippen LogP contribution in [-0.4, -0.2) is 113 Å². The molecule has 6 rings (SSSR count). The molecule has 3 aliphatic heterocycles. The summed E-state index contributed by atoms with van der Waals surface area (Å²) in [6.07, 6.45) is 1.78. The number of phenols is 1. The lowest BCUT2D eigenvalue weighted by atomic mass is 9.72. The molecule has 0 radical (unpaired) electrons. The quantitative estimate of drug-likeness (QED) is 0.110. The molecule has 3 saturated heterocycles. The molecular formula is C36H52N8O5. The molecule has 4 N–H and O–H groups in total. The smallest absolute Gasteiger partial charge is 0.292 e. The fraction of sp³-hybridized carbons (Fsp3) is 0.500. The third kappa shape index (κ3) is 9.23. The summed E-state index contributed by atoms with van der Waals surface area (Å²) in [7, 11) is 1.31. The molecular weight excluding hydrogens is 624 g/mol. The Balaban J connectivity index is 0.000000747. The number of aromatic nitrogens is 2. The number of aliphatic hydroxyl groups excluding tert-OH is 1. The van der Waals surface area contributed by atoms with E-state index in [1.54, 1.807) is 23.2 Å². The van der Waals surface area contributed by atoms with Crippen LogP contribution in [0.3, 0.4) is 0 Å². The molecule has 13 nitrogen and oxygen atoms in total. The van der Waals surface area contributed by atoms with E-state index in [-0.39, 0.29) is 23.0 Å². The summed E-state index contributed by atoms with van der Waals surface area (Å²) in [5.74, 6) is 6.44. The number of aliphatic imine (C=N–C) groups is 1. The van der Waals surface area contributed by atoms with Gasteiger partial charge in [-0.1, -0.05) is 59.7 Å². The van der Waals surface area contributed by atoms with Crippen LogP contribution >= 0.6 is 0 Å². The summed E-state index contributed by atoms with van der Waals surface area (Å²) in [6.45, 7) is 16.7. The molecule has 3 aliphatic rings. The van der Waals surface area contributed by atoms with E-state index < -0.39 is 12.1 Å². The first kappa shape index (κ1) is 38.7. The van der Waals surface area contributed by atoms with Gasteiger partial charge in [0.2, 0.25) is 5.91 Å². The zero-order chi connectivity index (χ0) is 36.1. The van der Waals surface area contributed by atoms with Crippen molar-refractivity contribution < 1.29 is 24.5 Å². The number of nitrogens with zero attached hydrogens (tertiary/aromatic N) is 7. The summed E-state index contributed by atoms with van der Waals surface area (Å²) in [6, 6.07) is 14.7. The van der Waals surface area contributed by atoms with Crippen molar-refractivity contribution >= 4 is 41.0 Å². The number of nitrogens with two attached hydrogens (primary N) is 1. The third-order valence-electron chi connectivity index (χ3n) is 8.48. The number of rotatable bonds is 7. The van der Waals surface area contributed by atoms with Gasteiger partial charge in [0.05, 0.1) is 30.6 Å². The van der Waals surface area contributed by atoms with E-state index in [0.717, 1.165) is 42.8 Å². The zero-order valence-electron chi connectivity index (χ0n) is 29.8. The Morgan fingerprint density at radius 1 is 1.04 bits per heavy atom. The number of carbonyl (C=O) groups excluding carboxylic acids is 2. The predicted octanol–water partition coefficient (Wildman–Crippen LogP) is 3.93. The van der Waals surface area contributed by atoms with Gasteiger partial charge in [0.15, 0.2) is 5.84 Å². The number of methoxy groups -OCH3 is 1. The maximum Gasteiger partial charge on any atom is 0.292 e. The number of hydrogen-bond acceptors (Lipinski definition) is 11. The molecule has 1 spiro atoms. The van der Waals surface area contributed by atoms with Crippen LogP contribution in [-0.2, 0) is 14.3 Å². The Hall–Kier alpha value is -4.78. The molecule has 0 saturated carbocycles. The molecule has 1 aromatic heterocycles. The number of para-hydroxylation sites is 1. The van der Waals surface area contributed by atoms with Crippen molar-refractivity contribution in [3.05, 3.63) is 48.5 Å². The molecule has 13 heteroatoms. The standard InChI is InChI=1S/C30H36N8O3.C2H4O2.2C2H6/c1-19(2)28(29(41)36-10-9-22(39)14-36)32-13-27(33-31)38-17-30(18-38)15-37(16-30)21-8-7-20-11-25(35-34-24(20)12-21)23-5-3-4-6-26(23)40;1-4-2-3;2*1-2/h3-8,11-13,19,22,28,39-40H,9-10,14-18,31H2,1-2H3;2H,1H3;2*1-2H3/b32-13?,33-27+;;;. The normalized spacial score (nSPS) is 18.3. The number of hydrazone groups is 1. The Bertz CT molecular complexity index is 1580. The highest BCUT2D eigenvalue weighted by atomic mass is 16.5. The van der Waals surface area contributed by atoms with E-state index in [0.29, 0.717) is 43.1 Å². The molecule has 1 amide bonds. The highest BCUT2D eigenvalue weighted by Crippen LogP contribution is 2.42. The van der Waals surface area contributed by atoms with E-state index in [9.17, 15) is 15.0 Å². The number of amides is 1. The first-order valence-electron chi connectivity index (χ1n) is 17.0. The summed E-state index contributed by atoms with van der Waals surface area (Å²) in [4.78, 5) is 32.7. The average molecular weight is 677 g/mol. The third-order valence-corrected chi connectivity index (χ3v) is 8.48. The van der Waals surface area contributed by atoms with Crippen molar-refractivity contribution in [1.29, 1.82) is 0 Å². The molecule has 2 unspecified atom stereocenters. The Labute approximate surface area is 289 Å². The number of hydrogen-bond donors (Lipinski definition) is 3. The first-order chi connectivity index (χ1) is 23.7. The Kier molecular flexibility index (Phi) is 14.3. The zero-order valence-corrected chi connectivity index (χ0v) is 29.8. The minimum absolute atomic E-state index is 0.0159. The number of likely N-dealkylation sites (tertiary alicyclic amines) is 2. The number of benzene rings is 2. The van der Waals surface area contributed by atoms with Gasteiger partial charge in [0, 0.05) is 61.3 Å². The SMILES string of the molecule is CC.CC.CC(C)C(N=C/C(=N\N)N1CC2(C1)CN(c1ccc3cc(-c4ccccc4O)nnc3c1)C2)C(=O)N1CCC(O)C1.COC=O. The van der Waals surface area contributed by atoms with Gasteiger partial charge in [-0.25, -0.2) is 0 Å². The maximum absolute atomic E-state index is 13.0. The molecule has 3 aromatic rings. The van der Waals surface area contributed by atoms with Gasteiger partial charge < -0.3 is 35.5 Å². The van der Waals surface area contributed by atoms with Crippen molar-refractivity contribution in [3.63, 3.8) is 0 Å². The highest BCUT2D eigenvalue weighted by Gasteiger charge is 2.52. The van der Waals surface area contributed by atoms with Gasteiger partial charge in [0.1, 0.15) is 11.8 Å². The molecule has 2 aromatic carbocycles. The van der Waals surface area contributed by atoms with Crippen LogP contribution in [0.15, 0.2) is 58.6 Å². The predicted molar refractivity (Wildman–Crippen MR) is 195 cm³/mol. The summed E-state index contributed by atoms with van der Waals surface area (Å²) in [5, 5.41) is 33.7. The molecule has 4 heterocycles. The van der Waals surface area contributed by atoms with Crippen LogP contribution in [0.1, 0.15) is 48.0 Å². The molecule has 266 valence electrons. The van der Waals surface area contributed by atoms with Gasteiger partial charge in [-0.15, -0.1) is 10.2 Å². The van der Waals surface area contributed by atoms with Crippen molar-refractivity contribution in [2.75, 3.05) is 51.3 Å². The van der Waals surface area contributed by atoms with E-state index >= 15 is 0 Å². The Morgan fingerprint density at radius 2 is 1.71 bits per heavy atom. The van der Waals surface area contributed by atoms with Crippen LogP contribution in [0.25, 0.3) is 22.2 Å². The molecule has 0 aliphatic carbocycles. The van der Waals surface area contributed by atoms with Gasteiger partial charge in [-0.2, -0.15) is 5.10 Å². The average Bonchev–Trinajstić information content (AvgIpc) is 3.53. The number of fused-ring (bicyclic) bond motifs is 1. The monoisotopic (exact) mass is 676 g/mol. The van der Waals surface area contributed by atoms with Crippen molar-refractivity contribution in [1.82, 2.24) is 20.0 Å². The van der Waals surface area contributed by atoms with Gasteiger partial charge in [0.25, 0.3) is 6.47 Å². The minimum atomic E-state index is -0.531. The molecule has 3 fully saturated rings. The number of carbonyl (C=O) groups is 2. The summed E-state index contributed by atoms with van der Waals surface area (Å²) < 4.78 is 3.86. The highest BCUT2D eigenvalue weighted by molar-refractivity contribution is 6.29. The van der Waals surface area contributed by atoms with Crippen LogP contribution in [0.5, 0.6) is 5.75 Å². The summed E-state index contributed by atoms with van der Waals surface area (Å²) in [5.41, 5.74) is 3.38. The van der Waals surface area contributed by atoms with Crippen molar-refractivity contribution in [3.8, 4) is 17.0 Å². The second-order valence-corrected chi connectivity index (χ2v) is 12.2. The molecule has 49 heavy (non-hydrogen) atoms.